The largest absolute Gasteiger partial charge is 0.494 e. The van der Waals surface area contributed by atoms with Gasteiger partial charge in [-0.2, -0.15) is 0 Å². The maximum atomic E-state index is 12.6. The first kappa shape index (κ1) is 16.5. The van der Waals surface area contributed by atoms with Gasteiger partial charge in [0.2, 0.25) is 5.92 Å². The minimum absolute atomic E-state index is 0.0320. The average Bonchev–Trinajstić information content (AvgIpc) is 3.17. The Balaban J connectivity index is 1.72. The van der Waals surface area contributed by atoms with Crippen molar-refractivity contribution in [1.82, 2.24) is 10.6 Å². The summed E-state index contributed by atoms with van der Waals surface area (Å²) in [7, 11) is 0. The third-order valence-corrected chi connectivity index (χ3v) is 3.58. The van der Waals surface area contributed by atoms with Gasteiger partial charge in [0.15, 0.2) is 0 Å². The summed E-state index contributed by atoms with van der Waals surface area (Å²) in [6, 6.07) is 7.50. The second-order valence-electron chi connectivity index (χ2n) is 5.67. The molecule has 2 amide bonds. The van der Waals surface area contributed by atoms with Crippen LogP contribution in [0.4, 0.5) is 13.6 Å². The molecule has 0 saturated heterocycles. The number of carbonyl (C=O) groups is 1. The fourth-order valence-corrected chi connectivity index (χ4v) is 2.32. The van der Waals surface area contributed by atoms with Gasteiger partial charge < -0.3 is 15.4 Å². The molecule has 1 aromatic rings. The molecule has 2 atom stereocenters. The Hall–Kier alpha value is -1.85. The lowest BCUT2D eigenvalue weighted by molar-refractivity contribution is 0.0142. The number of rotatable bonds is 7. The molecule has 0 bridgehead atoms. The van der Waals surface area contributed by atoms with Crippen LogP contribution in [0.25, 0.3) is 0 Å². The van der Waals surface area contributed by atoms with Crippen LogP contribution < -0.4 is 15.4 Å². The summed E-state index contributed by atoms with van der Waals surface area (Å²) in [4.78, 5) is 11.6. The fraction of sp³-hybridized carbons (Fsp3) is 0.562. The van der Waals surface area contributed by atoms with Gasteiger partial charge in [0.05, 0.1) is 6.61 Å². The van der Waals surface area contributed by atoms with Crippen molar-refractivity contribution in [2.24, 2.45) is 0 Å². The number of hydrogen-bond donors (Lipinski definition) is 2. The van der Waals surface area contributed by atoms with Crippen LogP contribution in [0.3, 0.4) is 0 Å². The number of carbonyl (C=O) groups excluding carboxylic acids is 1. The summed E-state index contributed by atoms with van der Waals surface area (Å²) in [5.74, 6) is -1.64. The first-order valence-electron chi connectivity index (χ1n) is 7.54. The van der Waals surface area contributed by atoms with Crippen molar-refractivity contribution in [3.05, 3.63) is 29.8 Å². The van der Waals surface area contributed by atoms with E-state index in [1.54, 1.807) is 0 Å². The molecule has 2 rings (SSSR count). The molecule has 0 unspecified atom stereocenters. The molecule has 1 aliphatic carbocycles. The molecule has 6 heteroatoms. The van der Waals surface area contributed by atoms with E-state index in [2.05, 4.69) is 10.6 Å². The van der Waals surface area contributed by atoms with Crippen LogP contribution >= 0.6 is 0 Å². The lowest BCUT2D eigenvalue weighted by Crippen LogP contribution is -2.39. The van der Waals surface area contributed by atoms with Crippen molar-refractivity contribution in [1.29, 1.82) is 0 Å². The zero-order valence-corrected chi connectivity index (χ0v) is 12.9. The lowest BCUT2D eigenvalue weighted by Gasteiger charge is -2.11. The summed E-state index contributed by atoms with van der Waals surface area (Å²) in [6.45, 7) is 3.37. The number of benzene rings is 1. The first-order valence-corrected chi connectivity index (χ1v) is 7.54. The highest BCUT2D eigenvalue weighted by Crippen LogP contribution is 2.41. The average molecular weight is 312 g/mol. The normalized spacial score (nSPS) is 20.4. The maximum Gasteiger partial charge on any atom is 0.315 e. The van der Waals surface area contributed by atoms with Crippen LogP contribution in [0, 0.1) is 0 Å². The van der Waals surface area contributed by atoms with Crippen LogP contribution in [0.15, 0.2) is 24.3 Å². The molecule has 122 valence electrons. The zero-order valence-electron chi connectivity index (χ0n) is 12.9. The third kappa shape index (κ3) is 5.16. The molecular formula is C16H22F2N2O2. The molecule has 1 aromatic carbocycles. The monoisotopic (exact) mass is 312 g/mol. The van der Waals surface area contributed by atoms with E-state index in [0.717, 1.165) is 24.7 Å². The van der Waals surface area contributed by atoms with E-state index in [0.29, 0.717) is 6.61 Å². The number of halogens is 2. The zero-order chi connectivity index (χ0) is 16.2. The second kappa shape index (κ2) is 6.94. The second-order valence-corrected chi connectivity index (χ2v) is 5.67. The van der Waals surface area contributed by atoms with Gasteiger partial charge >= 0.3 is 6.03 Å². The van der Waals surface area contributed by atoms with Crippen LogP contribution in [-0.4, -0.2) is 31.1 Å². The molecule has 22 heavy (non-hydrogen) atoms. The highest BCUT2D eigenvalue weighted by Gasteiger charge is 2.39. The molecule has 1 saturated carbocycles. The number of urea groups is 1. The number of hydrogen-bond acceptors (Lipinski definition) is 2. The topological polar surface area (TPSA) is 50.4 Å². The smallest absolute Gasteiger partial charge is 0.315 e. The molecule has 1 aliphatic rings. The Morgan fingerprint density at radius 3 is 2.64 bits per heavy atom. The summed E-state index contributed by atoms with van der Waals surface area (Å²) >= 11 is 0. The molecule has 0 aromatic heterocycles. The van der Waals surface area contributed by atoms with Crippen molar-refractivity contribution < 1.29 is 18.3 Å². The SMILES string of the molecule is CCOc1ccc([C@@H]2C[C@H]2NC(=O)NCCC(C)(F)F)cc1. The molecule has 0 radical (unpaired) electrons. The van der Waals surface area contributed by atoms with Crippen molar-refractivity contribution in [2.45, 2.75) is 44.6 Å². The van der Waals surface area contributed by atoms with E-state index < -0.39 is 5.92 Å². The van der Waals surface area contributed by atoms with Gasteiger partial charge in [0, 0.05) is 24.9 Å². The van der Waals surface area contributed by atoms with Crippen LogP contribution in [0.5, 0.6) is 5.75 Å². The first-order chi connectivity index (χ1) is 10.4. The Morgan fingerprint density at radius 2 is 2.05 bits per heavy atom. The Labute approximate surface area is 129 Å². The fourth-order valence-electron chi connectivity index (χ4n) is 2.32. The summed E-state index contributed by atoms with van der Waals surface area (Å²) < 4.78 is 30.7. The molecule has 0 aliphatic heterocycles. The van der Waals surface area contributed by atoms with Crippen molar-refractivity contribution in [3.63, 3.8) is 0 Å². The van der Waals surface area contributed by atoms with Crippen molar-refractivity contribution in [3.8, 4) is 5.75 Å². The highest BCUT2D eigenvalue weighted by molar-refractivity contribution is 5.74. The third-order valence-electron chi connectivity index (χ3n) is 3.58. The van der Waals surface area contributed by atoms with Gasteiger partial charge in [-0.05, 0) is 38.0 Å². The van der Waals surface area contributed by atoms with Crippen LogP contribution in [-0.2, 0) is 0 Å². The Morgan fingerprint density at radius 1 is 1.36 bits per heavy atom. The van der Waals surface area contributed by atoms with E-state index in [-0.39, 0.29) is 31.0 Å². The molecular weight excluding hydrogens is 290 g/mol. The standard InChI is InChI=1S/C16H22F2N2O2/c1-3-22-12-6-4-11(5-7-12)13-10-14(13)20-15(21)19-9-8-16(2,17)18/h4-7,13-14H,3,8-10H2,1-2H3,(H2,19,20,21)/t13-,14+/m0/s1. The Bertz CT molecular complexity index is 500. The van der Waals surface area contributed by atoms with Gasteiger partial charge in [-0.15, -0.1) is 0 Å². The molecule has 0 spiro atoms. The highest BCUT2D eigenvalue weighted by atomic mass is 19.3. The summed E-state index contributed by atoms with van der Waals surface area (Å²) in [6.07, 6.45) is 0.513. The molecule has 0 heterocycles. The van der Waals surface area contributed by atoms with E-state index in [4.69, 9.17) is 4.74 Å². The number of amides is 2. The summed E-state index contributed by atoms with van der Waals surface area (Å²) in [5, 5.41) is 5.26. The van der Waals surface area contributed by atoms with Gasteiger partial charge in [0.25, 0.3) is 0 Å². The Kier molecular flexibility index (Phi) is 5.21. The number of ether oxygens (including phenoxy) is 1. The van der Waals surface area contributed by atoms with Gasteiger partial charge in [-0.1, -0.05) is 12.1 Å². The molecule has 1 fully saturated rings. The van der Waals surface area contributed by atoms with Gasteiger partial charge in [-0.25, -0.2) is 13.6 Å². The number of alkyl halides is 2. The quantitative estimate of drug-likeness (QED) is 0.812. The lowest BCUT2D eigenvalue weighted by atomic mass is 10.1. The van der Waals surface area contributed by atoms with Crippen LogP contribution in [0.1, 0.15) is 38.2 Å². The van der Waals surface area contributed by atoms with Crippen LogP contribution in [0.2, 0.25) is 0 Å². The minimum atomic E-state index is -2.75. The van der Waals surface area contributed by atoms with E-state index in [9.17, 15) is 13.6 Å². The maximum absolute atomic E-state index is 12.6. The van der Waals surface area contributed by atoms with Gasteiger partial charge in [-0.3, -0.25) is 0 Å². The van der Waals surface area contributed by atoms with Crippen molar-refractivity contribution in [2.75, 3.05) is 13.2 Å². The van der Waals surface area contributed by atoms with E-state index in [1.165, 1.54) is 0 Å². The molecule has 4 nitrogen and oxygen atoms in total. The number of nitrogens with one attached hydrogen (secondary N) is 2. The minimum Gasteiger partial charge on any atom is -0.494 e. The summed E-state index contributed by atoms with van der Waals surface area (Å²) in [5.41, 5.74) is 1.15. The van der Waals surface area contributed by atoms with E-state index in [1.807, 2.05) is 31.2 Å². The predicted octanol–water partition coefficient (Wildman–Crippen LogP) is 3.29. The van der Waals surface area contributed by atoms with Crippen molar-refractivity contribution >= 4 is 6.03 Å². The van der Waals surface area contributed by atoms with E-state index >= 15 is 0 Å². The van der Waals surface area contributed by atoms with Gasteiger partial charge in [0.1, 0.15) is 5.75 Å². The predicted molar refractivity (Wildman–Crippen MR) is 80.5 cm³/mol. The molecule has 2 N–H and O–H groups in total.